The molecular formula is C47H44N3OSi+. The van der Waals surface area contributed by atoms with Gasteiger partial charge in [-0.2, -0.15) is 4.57 Å². The average Bonchev–Trinajstić information content (AvgIpc) is 3.68. The molecule has 2 aromatic heterocycles. The fraction of sp³-hybridized carbons (Fsp3) is 0.191. The van der Waals surface area contributed by atoms with Gasteiger partial charge in [-0.25, -0.2) is 9.41 Å². The Balaban J connectivity index is 1.50. The summed E-state index contributed by atoms with van der Waals surface area (Å²) in [4.78, 5) is 3.69. The molecule has 5 heteroatoms. The maximum Gasteiger partial charge on any atom is 0.299 e. The largest absolute Gasteiger partial charge is 0.456 e. The molecular weight excluding hydrogens is 651 g/mol. The van der Waals surface area contributed by atoms with Crippen LogP contribution in [0.3, 0.4) is 0 Å². The van der Waals surface area contributed by atoms with Gasteiger partial charge >= 0.3 is 0 Å². The Labute approximate surface area is 307 Å². The summed E-state index contributed by atoms with van der Waals surface area (Å²) < 4.78 is 11.6. The van der Waals surface area contributed by atoms with E-state index in [4.69, 9.17) is 11.0 Å². The Bertz CT molecular complexity index is 2610. The van der Waals surface area contributed by atoms with Crippen LogP contribution in [-0.4, -0.2) is 12.6 Å². The number of fused-ring (bicyclic) bond motifs is 4. The second-order valence-corrected chi connectivity index (χ2v) is 18.9. The van der Waals surface area contributed by atoms with Gasteiger partial charge in [-0.15, -0.1) is 0 Å². The van der Waals surface area contributed by atoms with Crippen molar-refractivity contribution < 1.29 is 8.98 Å². The van der Waals surface area contributed by atoms with E-state index in [9.17, 15) is 0 Å². The van der Waals surface area contributed by atoms with E-state index in [1.807, 2.05) is 18.2 Å². The lowest BCUT2D eigenvalue weighted by Gasteiger charge is -2.32. The molecule has 8 rings (SSSR count). The summed E-state index contributed by atoms with van der Waals surface area (Å²) in [6, 6.07) is 46.3. The number of imidazole rings is 1. The molecule has 6 aromatic carbocycles. The lowest BCUT2D eigenvalue weighted by Crippen LogP contribution is -2.65. The Morgan fingerprint density at radius 1 is 0.692 bits per heavy atom. The third kappa shape index (κ3) is 5.12. The van der Waals surface area contributed by atoms with Crippen LogP contribution in [0.25, 0.3) is 54.9 Å². The Morgan fingerprint density at radius 2 is 1.27 bits per heavy atom. The van der Waals surface area contributed by atoms with E-state index in [1.54, 1.807) is 0 Å². The number of para-hydroxylation sites is 2. The maximum absolute atomic E-state index is 7.62. The van der Waals surface area contributed by atoms with Crippen molar-refractivity contribution in [1.82, 2.24) is 4.57 Å². The fourth-order valence-electron chi connectivity index (χ4n) is 8.25. The molecule has 0 saturated carbocycles. The molecule has 4 nitrogen and oxygen atoms in total. The van der Waals surface area contributed by atoms with Crippen LogP contribution in [-0.2, 0) is 7.05 Å². The number of rotatable bonds is 7. The quantitative estimate of drug-likeness (QED) is 0.0706. The molecule has 8 aromatic rings. The highest BCUT2D eigenvalue weighted by Crippen LogP contribution is 2.42. The van der Waals surface area contributed by atoms with Crippen molar-refractivity contribution >= 4 is 62.3 Å². The van der Waals surface area contributed by atoms with Gasteiger partial charge in [0.2, 0.25) is 0 Å². The van der Waals surface area contributed by atoms with E-state index in [0.717, 1.165) is 49.9 Å². The summed E-state index contributed by atoms with van der Waals surface area (Å²) in [5, 5.41) is 6.32. The minimum absolute atomic E-state index is 0.256. The molecule has 52 heavy (non-hydrogen) atoms. The third-order valence-electron chi connectivity index (χ3n) is 11.1. The summed E-state index contributed by atoms with van der Waals surface area (Å²) in [5.74, 6) is 1.59. The highest BCUT2D eigenvalue weighted by molar-refractivity contribution is 7.10. The van der Waals surface area contributed by atoms with Crippen LogP contribution in [0.1, 0.15) is 56.2 Å². The SMILES string of the molecule is [C-]#[N+]c1ccc2c(c1)oc1c(-c3n(-c4c(C(C)C)cc([Si](C)(c5ccccc5)c5ccccc5)cc4C(C)C)c4ccccc4[n+]3C)c(C)ccc12. The van der Waals surface area contributed by atoms with Crippen LogP contribution in [0, 0.1) is 13.5 Å². The van der Waals surface area contributed by atoms with Gasteiger partial charge < -0.3 is 4.42 Å². The smallest absolute Gasteiger partial charge is 0.299 e. The van der Waals surface area contributed by atoms with Gasteiger partial charge in [0.1, 0.15) is 24.9 Å². The van der Waals surface area contributed by atoms with Gasteiger partial charge in [-0.05, 0) is 58.1 Å². The predicted molar refractivity (Wildman–Crippen MR) is 220 cm³/mol. The number of hydrogen-bond acceptors (Lipinski definition) is 1. The maximum atomic E-state index is 7.62. The van der Waals surface area contributed by atoms with Gasteiger partial charge in [0, 0.05) is 21.9 Å². The van der Waals surface area contributed by atoms with Crippen LogP contribution in [0.5, 0.6) is 0 Å². The van der Waals surface area contributed by atoms with Gasteiger partial charge in [0.05, 0.1) is 13.6 Å². The number of nitrogens with zero attached hydrogens (tertiary/aromatic N) is 3. The molecule has 0 atom stereocenters. The lowest BCUT2D eigenvalue weighted by molar-refractivity contribution is -0.633. The van der Waals surface area contributed by atoms with Gasteiger partial charge in [0.25, 0.3) is 5.82 Å². The summed E-state index contributed by atoms with van der Waals surface area (Å²) in [5.41, 5.74) is 10.6. The molecule has 0 aliphatic carbocycles. The number of aromatic nitrogens is 2. The highest BCUT2D eigenvalue weighted by Gasteiger charge is 2.38. The number of hydrogen-bond donors (Lipinski definition) is 0. The molecule has 0 N–H and O–H groups in total. The summed E-state index contributed by atoms with van der Waals surface area (Å²) in [7, 11) is -0.225. The second-order valence-electron chi connectivity index (χ2n) is 14.9. The molecule has 256 valence electrons. The first-order chi connectivity index (χ1) is 25.1. The molecule has 0 unspecified atom stereocenters. The van der Waals surface area contributed by atoms with Gasteiger partial charge in [-0.1, -0.05) is 143 Å². The van der Waals surface area contributed by atoms with E-state index in [-0.39, 0.29) is 11.8 Å². The van der Waals surface area contributed by atoms with Crippen molar-refractivity contribution in [2.24, 2.45) is 7.05 Å². The normalized spacial score (nSPS) is 12.1. The molecule has 0 aliphatic rings. The molecule has 0 fully saturated rings. The second kappa shape index (κ2) is 12.8. The first-order valence-corrected chi connectivity index (χ1v) is 20.8. The Kier molecular flexibility index (Phi) is 8.24. The first kappa shape index (κ1) is 33.4. The van der Waals surface area contributed by atoms with E-state index in [2.05, 4.69) is 171 Å². The number of furan rings is 1. The van der Waals surface area contributed by atoms with Crippen LogP contribution < -0.4 is 20.1 Å². The Hall–Kier alpha value is -5.70. The molecule has 0 aliphatic heterocycles. The van der Waals surface area contributed by atoms with Crippen LogP contribution in [0.15, 0.2) is 132 Å². The van der Waals surface area contributed by atoms with Crippen molar-refractivity contribution in [3.63, 3.8) is 0 Å². The zero-order chi connectivity index (χ0) is 36.3. The fourth-order valence-corrected chi connectivity index (χ4v) is 11.9. The van der Waals surface area contributed by atoms with E-state index in [1.165, 1.54) is 32.4 Å². The average molecular weight is 695 g/mol. The molecule has 0 radical (unpaired) electrons. The first-order valence-electron chi connectivity index (χ1n) is 18.3. The summed E-state index contributed by atoms with van der Waals surface area (Å²) in [6.45, 7) is 21.7. The van der Waals surface area contributed by atoms with Gasteiger partial charge in [-0.3, -0.25) is 0 Å². The highest BCUT2D eigenvalue weighted by atomic mass is 28.3. The lowest BCUT2D eigenvalue weighted by atomic mass is 9.92. The topological polar surface area (TPSA) is 26.3 Å². The van der Waals surface area contributed by atoms with Crippen molar-refractivity contribution in [1.29, 1.82) is 0 Å². The van der Waals surface area contributed by atoms with Crippen molar-refractivity contribution in [2.45, 2.75) is 53.0 Å². The number of benzene rings is 6. The monoisotopic (exact) mass is 694 g/mol. The number of aryl methyl sites for hydroxylation is 2. The van der Waals surface area contributed by atoms with E-state index < -0.39 is 8.07 Å². The standard InChI is InChI=1S/C47H44N3OSi/c1-30(2)39-28-36(52(8,34-17-11-9-12-18-34)35-19-13-10-14-20-35)29-40(31(3)4)45(39)50-42-22-16-15-21-41(42)49(7)47(50)44-32(5)23-25-38-37-26-24-33(48-6)27-43(37)51-46(38)44/h9-31H,1-5,7-8H3/q+1. The molecule has 0 spiro atoms. The Morgan fingerprint density at radius 3 is 1.87 bits per heavy atom. The minimum atomic E-state index is -2.40. The van der Waals surface area contributed by atoms with Crippen molar-refractivity contribution in [3.8, 4) is 17.1 Å². The molecule has 0 bridgehead atoms. The molecule has 2 heterocycles. The summed E-state index contributed by atoms with van der Waals surface area (Å²) >= 11 is 0. The van der Waals surface area contributed by atoms with E-state index >= 15 is 0 Å². The van der Waals surface area contributed by atoms with Crippen molar-refractivity contribution in [2.75, 3.05) is 0 Å². The van der Waals surface area contributed by atoms with E-state index in [0.29, 0.717) is 5.69 Å². The molecule has 0 saturated heterocycles. The molecule has 0 amide bonds. The van der Waals surface area contributed by atoms with Crippen LogP contribution in [0.4, 0.5) is 5.69 Å². The zero-order valence-electron chi connectivity index (χ0n) is 31.0. The third-order valence-corrected chi connectivity index (χ3v) is 15.5. The van der Waals surface area contributed by atoms with Crippen molar-refractivity contribution in [3.05, 3.63) is 156 Å². The van der Waals surface area contributed by atoms with Gasteiger partial charge in [0.15, 0.2) is 22.3 Å². The summed E-state index contributed by atoms with van der Waals surface area (Å²) in [6.07, 6.45) is 0. The van der Waals surface area contributed by atoms with Crippen LogP contribution >= 0.6 is 0 Å². The minimum Gasteiger partial charge on any atom is -0.456 e. The van der Waals surface area contributed by atoms with Crippen LogP contribution in [0.2, 0.25) is 6.55 Å². The predicted octanol–water partition coefficient (Wildman–Crippen LogP) is 10.2. The zero-order valence-corrected chi connectivity index (χ0v) is 32.0.